The van der Waals surface area contributed by atoms with Crippen LogP contribution in [0.15, 0.2) is 41.3 Å². The molecule has 0 spiro atoms. The highest BCUT2D eigenvalue weighted by Gasteiger charge is 2.38. The van der Waals surface area contributed by atoms with Crippen molar-refractivity contribution in [1.82, 2.24) is 9.88 Å². The van der Waals surface area contributed by atoms with Gasteiger partial charge in [0, 0.05) is 39.0 Å². The number of benzene rings is 2. The lowest BCUT2D eigenvalue weighted by Crippen LogP contribution is -2.37. The summed E-state index contributed by atoms with van der Waals surface area (Å²) in [5, 5.41) is 15.7. The molecule has 2 heterocycles. The SMILES string of the molecule is CN[C@H]1CN(c2c(F)c(NCc3ccccc3)c3c(=O)c(C#N)cn(C4CC4)c3c2F)C[C@H]1OC. The molecule has 5 rings (SSSR count). The number of nitriles is 1. The van der Waals surface area contributed by atoms with Crippen molar-refractivity contribution in [3.63, 3.8) is 0 Å². The van der Waals surface area contributed by atoms with Crippen molar-refractivity contribution in [2.24, 2.45) is 0 Å². The van der Waals surface area contributed by atoms with Gasteiger partial charge in [-0.25, -0.2) is 8.78 Å². The van der Waals surface area contributed by atoms with Crippen LogP contribution in [-0.2, 0) is 11.3 Å². The summed E-state index contributed by atoms with van der Waals surface area (Å²) in [6.07, 6.45) is 2.77. The Kier molecular flexibility index (Phi) is 6.17. The minimum absolute atomic E-state index is 0.0321. The van der Waals surface area contributed by atoms with Crippen LogP contribution in [0.3, 0.4) is 0 Å². The Morgan fingerprint density at radius 1 is 1.17 bits per heavy atom. The first-order valence-electron chi connectivity index (χ1n) is 11.7. The molecule has 9 heteroatoms. The van der Waals surface area contributed by atoms with E-state index in [4.69, 9.17) is 4.74 Å². The number of anilines is 2. The number of methoxy groups -OCH3 is 1. The highest BCUT2D eigenvalue weighted by molar-refractivity contribution is 5.97. The number of hydrogen-bond acceptors (Lipinski definition) is 6. The third kappa shape index (κ3) is 4.03. The summed E-state index contributed by atoms with van der Waals surface area (Å²) in [4.78, 5) is 14.9. The van der Waals surface area contributed by atoms with Gasteiger partial charge in [0.05, 0.1) is 28.7 Å². The van der Waals surface area contributed by atoms with Crippen LogP contribution >= 0.6 is 0 Å². The van der Waals surface area contributed by atoms with Crippen molar-refractivity contribution in [1.29, 1.82) is 5.26 Å². The zero-order valence-corrected chi connectivity index (χ0v) is 19.6. The number of nitrogens with zero attached hydrogens (tertiary/aromatic N) is 3. The van der Waals surface area contributed by atoms with E-state index >= 15 is 8.78 Å². The van der Waals surface area contributed by atoms with Crippen molar-refractivity contribution in [2.75, 3.05) is 37.5 Å². The van der Waals surface area contributed by atoms with E-state index in [2.05, 4.69) is 10.6 Å². The van der Waals surface area contributed by atoms with Gasteiger partial charge in [0.1, 0.15) is 17.3 Å². The minimum Gasteiger partial charge on any atom is -0.378 e. The maximum Gasteiger partial charge on any atom is 0.209 e. The molecule has 2 aliphatic rings. The van der Waals surface area contributed by atoms with Crippen LogP contribution in [0.4, 0.5) is 20.2 Å². The fourth-order valence-corrected chi connectivity index (χ4v) is 4.95. The van der Waals surface area contributed by atoms with Gasteiger partial charge in [-0.1, -0.05) is 30.3 Å². The molecule has 1 aliphatic heterocycles. The lowest BCUT2D eigenvalue weighted by molar-refractivity contribution is 0.0996. The minimum atomic E-state index is -0.841. The van der Waals surface area contributed by atoms with Crippen LogP contribution in [-0.4, -0.2) is 44.0 Å². The third-order valence-corrected chi connectivity index (χ3v) is 6.96. The van der Waals surface area contributed by atoms with E-state index in [1.54, 1.807) is 23.6 Å². The molecule has 1 saturated heterocycles. The highest BCUT2D eigenvalue weighted by atomic mass is 19.1. The van der Waals surface area contributed by atoms with Crippen LogP contribution in [0.1, 0.15) is 30.0 Å². The fraction of sp³-hybridized carbons (Fsp3) is 0.385. The first-order chi connectivity index (χ1) is 17.0. The number of aromatic nitrogens is 1. The van der Waals surface area contributed by atoms with E-state index < -0.39 is 17.1 Å². The lowest BCUT2D eigenvalue weighted by atomic mass is 10.1. The molecule has 182 valence electrons. The summed E-state index contributed by atoms with van der Waals surface area (Å²) in [6, 6.07) is 11.1. The normalized spacial score (nSPS) is 19.8. The molecule has 0 radical (unpaired) electrons. The monoisotopic (exact) mass is 479 g/mol. The Bertz CT molecular complexity index is 1350. The first-order valence-corrected chi connectivity index (χ1v) is 11.7. The van der Waals surface area contributed by atoms with Gasteiger partial charge in [0.2, 0.25) is 5.43 Å². The number of pyridine rings is 1. The average molecular weight is 480 g/mol. The van der Waals surface area contributed by atoms with E-state index in [1.807, 2.05) is 36.4 Å². The average Bonchev–Trinajstić information content (AvgIpc) is 3.64. The largest absolute Gasteiger partial charge is 0.378 e. The first kappa shape index (κ1) is 23.3. The number of halogens is 2. The van der Waals surface area contributed by atoms with E-state index in [0.29, 0.717) is 13.1 Å². The molecule has 35 heavy (non-hydrogen) atoms. The topological polar surface area (TPSA) is 82.3 Å². The predicted molar refractivity (Wildman–Crippen MR) is 131 cm³/mol. The maximum absolute atomic E-state index is 16.2. The number of ether oxygens (including phenoxy) is 1. The molecule has 1 saturated carbocycles. The Labute approximate surface area is 201 Å². The summed E-state index contributed by atoms with van der Waals surface area (Å²) in [5.74, 6) is -1.63. The van der Waals surface area contributed by atoms with Gasteiger partial charge in [-0.05, 0) is 25.5 Å². The second-order valence-electron chi connectivity index (χ2n) is 9.11. The van der Waals surface area contributed by atoms with E-state index in [1.165, 1.54) is 6.20 Å². The summed E-state index contributed by atoms with van der Waals surface area (Å²) in [5.41, 5.74) is -0.172. The highest BCUT2D eigenvalue weighted by Crippen LogP contribution is 2.43. The van der Waals surface area contributed by atoms with Gasteiger partial charge < -0.3 is 24.8 Å². The number of nitrogens with one attached hydrogen (secondary N) is 2. The molecule has 1 aliphatic carbocycles. The molecule has 2 fully saturated rings. The second kappa shape index (κ2) is 9.29. The van der Waals surface area contributed by atoms with Gasteiger partial charge in [-0.15, -0.1) is 0 Å². The van der Waals surface area contributed by atoms with Crippen LogP contribution in [0.5, 0.6) is 0 Å². The molecule has 1 aromatic heterocycles. The molecule has 0 unspecified atom stereocenters. The number of hydrogen-bond donors (Lipinski definition) is 2. The number of fused-ring (bicyclic) bond motifs is 1. The van der Waals surface area contributed by atoms with E-state index in [-0.39, 0.29) is 52.6 Å². The summed E-state index contributed by atoms with van der Waals surface area (Å²) >= 11 is 0. The third-order valence-electron chi connectivity index (χ3n) is 6.96. The van der Waals surface area contributed by atoms with Crippen molar-refractivity contribution in [2.45, 2.75) is 37.6 Å². The Balaban J connectivity index is 1.74. The summed E-state index contributed by atoms with van der Waals surface area (Å²) < 4.78 is 39.6. The number of likely N-dealkylation sites (N-methyl/N-ethyl adjacent to an activating group) is 1. The molecular weight excluding hydrogens is 452 g/mol. The molecule has 2 N–H and O–H groups in total. The second-order valence-corrected chi connectivity index (χ2v) is 9.11. The molecule has 7 nitrogen and oxygen atoms in total. The van der Waals surface area contributed by atoms with E-state index in [9.17, 15) is 10.1 Å². The van der Waals surface area contributed by atoms with Gasteiger partial charge in [0.25, 0.3) is 0 Å². The van der Waals surface area contributed by atoms with Crippen molar-refractivity contribution >= 4 is 22.3 Å². The molecule has 0 bridgehead atoms. The zero-order valence-electron chi connectivity index (χ0n) is 19.6. The standard InChI is InChI=1S/C26H27F2N5O2/c1-30-18-13-32(14-19(18)35-2)25-21(27)23(31-11-15-6-4-3-5-7-15)20-24(22(25)28)33(17-8-9-17)12-16(10-29)26(20)34/h3-7,12,17-19,30-31H,8-9,11,13-14H2,1-2H3/t18-,19+/m0/s1. The summed E-state index contributed by atoms with van der Waals surface area (Å²) in [6.45, 7) is 0.872. The summed E-state index contributed by atoms with van der Waals surface area (Å²) in [7, 11) is 3.36. The van der Waals surface area contributed by atoms with Crippen molar-refractivity contribution < 1.29 is 13.5 Å². The van der Waals surface area contributed by atoms with Crippen LogP contribution < -0.4 is 21.0 Å². The van der Waals surface area contributed by atoms with Gasteiger partial charge in [-0.3, -0.25) is 4.79 Å². The molecule has 2 aromatic carbocycles. The van der Waals surface area contributed by atoms with Crippen LogP contribution in [0.2, 0.25) is 0 Å². The molecule has 0 amide bonds. The van der Waals surface area contributed by atoms with Gasteiger partial charge in [0.15, 0.2) is 11.6 Å². The Hall–Kier alpha value is -3.48. The zero-order chi connectivity index (χ0) is 24.7. The van der Waals surface area contributed by atoms with Crippen LogP contribution in [0, 0.1) is 23.0 Å². The quantitative estimate of drug-likeness (QED) is 0.540. The van der Waals surface area contributed by atoms with Crippen molar-refractivity contribution in [3.8, 4) is 6.07 Å². The Morgan fingerprint density at radius 2 is 1.91 bits per heavy atom. The molecular formula is C26H27F2N5O2. The maximum atomic E-state index is 16.2. The fourth-order valence-electron chi connectivity index (χ4n) is 4.95. The van der Waals surface area contributed by atoms with Crippen LogP contribution in [0.25, 0.3) is 10.9 Å². The van der Waals surface area contributed by atoms with E-state index in [0.717, 1.165) is 18.4 Å². The van der Waals surface area contributed by atoms with Gasteiger partial charge in [-0.2, -0.15) is 5.26 Å². The van der Waals surface area contributed by atoms with Crippen molar-refractivity contribution in [3.05, 3.63) is 69.5 Å². The smallest absolute Gasteiger partial charge is 0.209 e. The molecule has 3 aromatic rings. The molecule has 2 atom stereocenters. The Morgan fingerprint density at radius 3 is 2.51 bits per heavy atom. The number of rotatable bonds is 7. The predicted octanol–water partition coefficient (Wildman–Crippen LogP) is 3.52. The van der Waals surface area contributed by atoms with Gasteiger partial charge >= 0.3 is 0 Å². The lowest BCUT2D eigenvalue weighted by Gasteiger charge is -2.25.